The number of nitrogens with zero attached hydrogens (tertiary/aromatic N) is 3. The molecular weight excluding hydrogens is 293 g/mol. The highest BCUT2D eigenvalue weighted by Gasteiger charge is 2.11. The monoisotopic (exact) mass is 305 g/mol. The number of nitrogen functional groups attached to an aromatic ring is 1. The molecule has 0 amide bonds. The Labute approximate surface area is 124 Å². The van der Waals surface area contributed by atoms with Crippen LogP contribution in [-0.4, -0.2) is 26.5 Å². The number of hydrogen-bond donors (Lipinski definition) is 2. The Hall–Kier alpha value is -2.35. The van der Waals surface area contributed by atoms with Crippen molar-refractivity contribution in [1.82, 2.24) is 19.9 Å². The van der Waals surface area contributed by atoms with Gasteiger partial charge in [-0.05, 0) is 30.8 Å². The summed E-state index contributed by atoms with van der Waals surface area (Å²) in [4.78, 5) is 14.9. The molecule has 0 saturated carbocycles. The maximum absolute atomic E-state index is 13.6. The van der Waals surface area contributed by atoms with Crippen molar-refractivity contribution in [3.8, 4) is 5.75 Å². The molecule has 0 spiro atoms. The number of hydrogen-bond acceptors (Lipinski definition) is 6. The van der Waals surface area contributed by atoms with E-state index in [1.165, 1.54) is 0 Å². The number of aromatic amines is 1. The molecule has 0 unspecified atom stereocenters. The van der Waals surface area contributed by atoms with E-state index in [1.54, 1.807) is 0 Å². The number of nitrogens with one attached hydrogen (secondary N) is 1. The Morgan fingerprint density at radius 1 is 1.38 bits per heavy atom. The molecule has 0 aliphatic rings. The molecule has 2 heterocycles. The molecule has 3 aromatic rings. The molecule has 21 heavy (non-hydrogen) atoms. The first-order valence-corrected chi connectivity index (χ1v) is 7.06. The largest absolute Gasteiger partial charge is 0.494 e. The van der Waals surface area contributed by atoms with Crippen LogP contribution in [0.25, 0.3) is 11.0 Å². The lowest BCUT2D eigenvalue weighted by Crippen LogP contribution is -1.97. The lowest BCUT2D eigenvalue weighted by Gasteiger charge is -2.00. The minimum absolute atomic E-state index is 0.0219. The number of fused-ring (bicyclic) bond motifs is 1. The van der Waals surface area contributed by atoms with E-state index in [0.717, 1.165) is 34.7 Å². The van der Waals surface area contributed by atoms with E-state index < -0.39 is 5.82 Å². The van der Waals surface area contributed by atoms with Gasteiger partial charge in [0, 0.05) is 6.07 Å². The zero-order chi connectivity index (χ0) is 14.8. The molecule has 0 bridgehead atoms. The van der Waals surface area contributed by atoms with E-state index in [2.05, 4.69) is 19.9 Å². The normalized spacial score (nSPS) is 11.0. The molecule has 1 aromatic carbocycles. The molecule has 108 valence electrons. The number of nitrogens with two attached hydrogens (primary N) is 1. The van der Waals surface area contributed by atoms with Crippen molar-refractivity contribution in [3.05, 3.63) is 30.2 Å². The van der Waals surface area contributed by atoms with Gasteiger partial charge in [-0.15, -0.1) is 0 Å². The summed E-state index contributed by atoms with van der Waals surface area (Å²) >= 11 is 1.06. The van der Waals surface area contributed by atoms with Crippen LogP contribution in [0.5, 0.6) is 5.75 Å². The average molecular weight is 305 g/mol. The van der Waals surface area contributed by atoms with Gasteiger partial charge in [-0.2, -0.15) is 0 Å². The van der Waals surface area contributed by atoms with Crippen LogP contribution in [0.15, 0.2) is 34.6 Å². The number of anilines is 1. The first-order valence-electron chi connectivity index (χ1n) is 6.24. The summed E-state index contributed by atoms with van der Waals surface area (Å²) in [5.74, 6) is 0.237. The van der Waals surface area contributed by atoms with Gasteiger partial charge in [0.15, 0.2) is 11.0 Å². The topological polar surface area (TPSA) is 89.7 Å². The highest BCUT2D eigenvalue weighted by Crippen LogP contribution is 2.29. The molecule has 3 N–H and O–H groups in total. The molecular formula is C13H12FN5OS. The van der Waals surface area contributed by atoms with E-state index in [1.807, 2.05) is 25.1 Å². The van der Waals surface area contributed by atoms with E-state index in [9.17, 15) is 4.39 Å². The van der Waals surface area contributed by atoms with Crippen molar-refractivity contribution in [2.75, 3.05) is 12.3 Å². The molecule has 2 aromatic heterocycles. The number of aromatic nitrogens is 4. The zero-order valence-electron chi connectivity index (χ0n) is 11.1. The van der Waals surface area contributed by atoms with E-state index in [4.69, 9.17) is 10.5 Å². The van der Waals surface area contributed by atoms with Gasteiger partial charge in [-0.1, -0.05) is 0 Å². The number of H-pyrrole nitrogens is 1. The van der Waals surface area contributed by atoms with Crippen LogP contribution in [0.2, 0.25) is 0 Å². The maximum atomic E-state index is 13.6. The van der Waals surface area contributed by atoms with E-state index in [-0.39, 0.29) is 11.0 Å². The summed E-state index contributed by atoms with van der Waals surface area (Å²) in [6, 6.07) is 5.52. The van der Waals surface area contributed by atoms with Gasteiger partial charge >= 0.3 is 0 Å². The molecule has 6 nitrogen and oxygen atoms in total. The van der Waals surface area contributed by atoms with Crippen molar-refractivity contribution in [2.24, 2.45) is 0 Å². The Kier molecular flexibility index (Phi) is 3.61. The smallest absolute Gasteiger partial charge is 0.221 e. The molecule has 0 aliphatic heterocycles. The number of imidazole rings is 1. The van der Waals surface area contributed by atoms with Crippen LogP contribution in [0.1, 0.15) is 6.92 Å². The number of benzene rings is 1. The fraction of sp³-hybridized carbons (Fsp3) is 0.154. The maximum Gasteiger partial charge on any atom is 0.221 e. The fourth-order valence-electron chi connectivity index (χ4n) is 1.80. The molecule has 0 atom stereocenters. The van der Waals surface area contributed by atoms with Crippen molar-refractivity contribution in [1.29, 1.82) is 0 Å². The molecule has 0 saturated heterocycles. The second-order valence-electron chi connectivity index (χ2n) is 4.14. The molecule has 0 aliphatic carbocycles. The quantitative estimate of drug-likeness (QED) is 0.720. The Balaban J connectivity index is 1.92. The van der Waals surface area contributed by atoms with E-state index in [0.29, 0.717) is 11.8 Å². The molecule has 3 rings (SSSR count). The van der Waals surface area contributed by atoms with Crippen LogP contribution < -0.4 is 10.5 Å². The summed E-state index contributed by atoms with van der Waals surface area (Å²) in [7, 11) is 0. The summed E-state index contributed by atoms with van der Waals surface area (Å²) in [5, 5.41) is 0.655. The predicted octanol–water partition coefficient (Wildman–Crippen LogP) is 2.62. The Morgan fingerprint density at radius 3 is 3.05 bits per heavy atom. The van der Waals surface area contributed by atoms with Gasteiger partial charge in [0.25, 0.3) is 0 Å². The van der Waals surface area contributed by atoms with Gasteiger partial charge in [0.1, 0.15) is 10.8 Å². The van der Waals surface area contributed by atoms with Crippen LogP contribution in [0.4, 0.5) is 10.3 Å². The van der Waals surface area contributed by atoms with Crippen molar-refractivity contribution in [2.45, 2.75) is 17.1 Å². The third kappa shape index (κ3) is 2.89. The van der Waals surface area contributed by atoms with Gasteiger partial charge < -0.3 is 15.5 Å². The second-order valence-corrected chi connectivity index (χ2v) is 5.11. The minimum Gasteiger partial charge on any atom is -0.494 e. The van der Waals surface area contributed by atoms with Gasteiger partial charge in [0.2, 0.25) is 5.95 Å². The summed E-state index contributed by atoms with van der Waals surface area (Å²) < 4.78 is 19.0. The lowest BCUT2D eigenvalue weighted by molar-refractivity contribution is 0.340. The Morgan fingerprint density at radius 2 is 2.24 bits per heavy atom. The van der Waals surface area contributed by atoms with Crippen LogP contribution in [0, 0.1) is 5.82 Å². The highest BCUT2D eigenvalue weighted by atomic mass is 32.2. The first kappa shape index (κ1) is 13.6. The predicted molar refractivity (Wildman–Crippen MR) is 77.8 cm³/mol. The first-order chi connectivity index (χ1) is 10.2. The van der Waals surface area contributed by atoms with Gasteiger partial charge in [-0.3, -0.25) is 0 Å². The van der Waals surface area contributed by atoms with Crippen molar-refractivity contribution < 1.29 is 9.13 Å². The zero-order valence-corrected chi connectivity index (χ0v) is 11.9. The van der Waals surface area contributed by atoms with Crippen molar-refractivity contribution >= 4 is 28.7 Å². The highest BCUT2D eigenvalue weighted by molar-refractivity contribution is 7.99. The lowest BCUT2D eigenvalue weighted by atomic mass is 10.3. The number of rotatable bonds is 4. The standard InChI is InChI=1S/C13H12FN5OS/c1-2-20-7-3-4-9-10(5-7)18-13(17-9)21-11-8(14)6-16-12(15)19-11/h3-6H,2H2,1H3,(H,17,18)(H2,15,16,19). The SMILES string of the molecule is CCOc1ccc2nc(Sc3nc(N)ncc3F)[nH]c2c1. The van der Waals surface area contributed by atoms with E-state index >= 15 is 0 Å². The average Bonchev–Trinajstić information content (AvgIpc) is 2.85. The fourth-order valence-corrected chi connectivity index (χ4v) is 2.58. The molecule has 0 radical (unpaired) electrons. The third-order valence-electron chi connectivity index (χ3n) is 2.67. The summed E-state index contributed by atoms with van der Waals surface area (Å²) in [6.45, 7) is 2.51. The number of ether oxygens (including phenoxy) is 1. The van der Waals surface area contributed by atoms with Crippen LogP contribution in [0.3, 0.4) is 0 Å². The Bertz CT molecular complexity index is 791. The number of halogens is 1. The van der Waals surface area contributed by atoms with Gasteiger partial charge in [0.05, 0.1) is 23.8 Å². The molecule has 0 fully saturated rings. The summed E-state index contributed by atoms with van der Waals surface area (Å²) in [6.07, 6.45) is 1.04. The summed E-state index contributed by atoms with van der Waals surface area (Å²) in [5.41, 5.74) is 7.04. The van der Waals surface area contributed by atoms with Crippen LogP contribution >= 0.6 is 11.8 Å². The molecule has 8 heteroatoms. The third-order valence-corrected chi connectivity index (χ3v) is 3.53. The minimum atomic E-state index is -0.537. The van der Waals surface area contributed by atoms with Crippen LogP contribution in [-0.2, 0) is 0 Å². The van der Waals surface area contributed by atoms with Gasteiger partial charge in [-0.25, -0.2) is 19.3 Å². The second kappa shape index (κ2) is 5.57. The van der Waals surface area contributed by atoms with Crippen molar-refractivity contribution in [3.63, 3.8) is 0 Å².